The van der Waals surface area contributed by atoms with Crippen molar-refractivity contribution in [3.05, 3.63) is 88.5 Å². The first-order valence-corrected chi connectivity index (χ1v) is 14.1. The van der Waals surface area contributed by atoms with Gasteiger partial charge in [-0.15, -0.1) is 0 Å². The number of aliphatic hydroxyl groups is 3. The van der Waals surface area contributed by atoms with Gasteiger partial charge in [-0.3, -0.25) is 27.5 Å². The molecule has 41 heavy (non-hydrogen) atoms. The summed E-state index contributed by atoms with van der Waals surface area (Å²) in [5.41, 5.74) is 6.48. The number of phosphoric ester groups is 1. The average Bonchev–Trinajstić information content (AvgIpc) is 3.41. The molecule has 1 aliphatic rings. The molecule has 1 fully saturated rings. The van der Waals surface area contributed by atoms with Crippen molar-refractivity contribution in [3.63, 3.8) is 0 Å². The van der Waals surface area contributed by atoms with Crippen LogP contribution in [0.3, 0.4) is 0 Å². The summed E-state index contributed by atoms with van der Waals surface area (Å²) in [5, 5.41) is 31.6. The number of phosphoric acid groups is 1. The fourth-order valence-electron chi connectivity index (χ4n) is 4.39. The Bertz CT molecular complexity index is 1540. The van der Waals surface area contributed by atoms with Crippen LogP contribution in [0, 0.1) is 0 Å². The number of aliphatic hydroxyl groups excluding tert-OH is 3. The van der Waals surface area contributed by atoms with Crippen molar-refractivity contribution in [2.24, 2.45) is 7.05 Å². The highest BCUT2D eigenvalue weighted by Crippen LogP contribution is 2.54. The first-order chi connectivity index (χ1) is 19.7. The number of rotatable bonds is 10. The van der Waals surface area contributed by atoms with Gasteiger partial charge in [0, 0.05) is 7.05 Å². The van der Waals surface area contributed by atoms with E-state index in [1.54, 1.807) is 48.5 Å². The lowest BCUT2D eigenvalue weighted by Crippen LogP contribution is -2.57. The van der Waals surface area contributed by atoms with Gasteiger partial charge in [-0.05, 0) is 11.1 Å². The van der Waals surface area contributed by atoms with Crippen molar-refractivity contribution >= 4 is 24.9 Å². The zero-order valence-electron chi connectivity index (χ0n) is 22.0. The maximum atomic E-state index is 14.1. The van der Waals surface area contributed by atoms with Crippen LogP contribution in [-0.2, 0) is 43.1 Å². The van der Waals surface area contributed by atoms with Crippen molar-refractivity contribution < 1.29 is 38.2 Å². The Labute approximate surface area is 234 Å². The van der Waals surface area contributed by atoms with Gasteiger partial charge in [-0.1, -0.05) is 60.7 Å². The standard InChI is InChI=1S/C26H30N5O9P/c1-30-24(35)19-23(29-26(30)27)28-15-31(19)25-22(21(34)20(33)18(12-32)39-25)40-41(36,37-13-16-8-4-2-5-9-16)38-14-17-10-6-3-7-11-17/h2-11,15,18,20-22,25,32-34H,12-14H2,1H3,(H2,27,29)/t18-,20-,21+,22-,25-/m1/s1. The molecule has 0 aliphatic carbocycles. The minimum atomic E-state index is -4.51. The van der Waals surface area contributed by atoms with Gasteiger partial charge < -0.3 is 25.8 Å². The van der Waals surface area contributed by atoms with Gasteiger partial charge in [0.15, 0.2) is 17.4 Å². The quantitative estimate of drug-likeness (QED) is 0.194. The number of aromatic nitrogens is 4. The summed E-state index contributed by atoms with van der Waals surface area (Å²) >= 11 is 0. The van der Waals surface area contributed by atoms with Gasteiger partial charge in [-0.2, -0.15) is 4.98 Å². The van der Waals surface area contributed by atoms with E-state index < -0.39 is 50.6 Å². The largest absolute Gasteiger partial charge is 0.475 e. The fraction of sp³-hybridized carbons (Fsp3) is 0.346. The summed E-state index contributed by atoms with van der Waals surface area (Å²) in [5.74, 6) is -0.0815. The summed E-state index contributed by atoms with van der Waals surface area (Å²) < 4.78 is 39.5. The predicted molar refractivity (Wildman–Crippen MR) is 145 cm³/mol. The van der Waals surface area contributed by atoms with E-state index in [4.69, 9.17) is 24.0 Å². The van der Waals surface area contributed by atoms with E-state index in [9.17, 15) is 24.7 Å². The van der Waals surface area contributed by atoms with E-state index >= 15 is 0 Å². The van der Waals surface area contributed by atoms with Crippen molar-refractivity contribution in [1.29, 1.82) is 0 Å². The molecule has 14 nitrogen and oxygen atoms in total. The van der Waals surface area contributed by atoms with Crippen LogP contribution < -0.4 is 11.3 Å². The second-order valence-corrected chi connectivity index (χ2v) is 11.0. The number of anilines is 1. The number of hydrogen-bond acceptors (Lipinski definition) is 12. The monoisotopic (exact) mass is 587 g/mol. The second-order valence-electron chi connectivity index (χ2n) is 9.42. The molecule has 1 aliphatic heterocycles. The minimum absolute atomic E-state index is 0.0158. The lowest BCUT2D eigenvalue weighted by Gasteiger charge is -2.42. The number of nitrogens with zero attached hydrogens (tertiary/aromatic N) is 4. The molecule has 2 aromatic carbocycles. The third-order valence-electron chi connectivity index (χ3n) is 6.68. The summed E-state index contributed by atoms with van der Waals surface area (Å²) in [6.07, 6.45) is -6.54. The summed E-state index contributed by atoms with van der Waals surface area (Å²) in [6, 6.07) is 17.8. The van der Waals surface area contributed by atoms with Crippen molar-refractivity contribution in [3.8, 4) is 0 Å². The molecule has 5 atom stereocenters. The SMILES string of the molecule is Cn1c(N)nc2ncn([C@@H]3O[C@H](CO)[C@@H](O)[C@H](O)[C@H]3OP(=O)(OCc3ccccc3)OCc3ccccc3)c2c1=O. The molecular formula is C26H30N5O9P. The van der Waals surface area contributed by atoms with Crippen LogP contribution in [0.1, 0.15) is 17.4 Å². The van der Waals surface area contributed by atoms with Crippen LogP contribution in [0.2, 0.25) is 0 Å². The highest BCUT2D eigenvalue weighted by molar-refractivity contribution is 7.48. The number of ether oxygens (including phenoxy) is 1. The molecular weight excluding hydrogens is 557 g/mol. The maximum absolute atomic E-state index is 14.1. The van der Waals surface area contributed by atoms with Crippen LogP contribution in [0.15, 0.2) is 71.8 Å². The molecule has 5 rings (SSSR count). The van der Waals surface area contributed by atoms with Gasteiger partial charge in [0.05, 0.1) is 19.8 Å². The number of imidazole rings is 1. The molecule has 4 aromatic rings. The second kappa shape index (κ2) is 12.2. The van der Waals surface area contributed by atoms with E-state index in [1.807, 2.05) is 12.1 Å². The maximum Gasteiger partial charge on any atom is 0.475 e. The van der Waals surface area contributed by atoms with Crippen molar-refractivity contribution in [1.82, 2.24) is 19.1 Å². The molecule has 0 amide bonds. The lowest BCUT2D eigenvalue weighted by atomic mass is 9.98. The summed E-state index contributed by atoms with van der Waals surface area (Å²) in [4.78, 5) is 21.3. The van der Waals surface area contributed by atoms with Gasteiger partial charge >= 0.3 is 7.82 Å². The van der Waals surface area contributed by atoms with Gasteiger partial charge in [0.2, 0.25) is 5.95 Å². The van der Waals surface area contributed by atoms with Crippen LogP contribution in [-0.4, -0.2) is 65.4 Å². The van der Waals surface area contributed by atoms with Crippen LogP contribution in [0.4, 0.5) is 5.95 Å². The Kier molecular flexibility index (Phi) is 8.63. The topological polar surface area (TPSA) is 193 Å². The molecule has 0 bridgehead atoms. The summed E-state index contributed by atoms with van der Waals surface area (Å²) in [7, 11) is -3.09. The Morgan fingerprint density at radius 3 is 2.15 bits per heavy atom. The third-order valence-corrected chi connectivity index (χ3v) is 8.07. The van der Waals surface area contributed by atoms with Gasteiger partial charge in [0.1, 0.15) is 30.7 Å². The molecule has 1 saturated heterocycles. The average molecular weight is 588 g/mol. The first kappa shape index (κ1) is 29.0. The van der Waals surface area contributed by atoms with E-state index in [0.717, 1.165) is 4.57 Å². The van der Waals surface area contributed by atoms with Crippen molar-refractivity contribution in [2.45, 2.75) is 43.9 Å². The smallest absolute Gasteiger partial charge is 0.394 e. The Balaban J connectivity index is 1.52. The highest BCUT2D eigenvalue weighted by atomic mass is 31.2. The van der Waals surface area contributed by atoms with E-state index in [1.165, 1.54) is 17.9 Å². The Morgan fingerprint density at radius 1 is 1.00 bits per heavy atom. The van der Waals surface area contributed by atoms with Crippen molar-refractivity contribution in [2.75, 3.05) is 12.3 Å². The molecule has 5 N–H and O–H groups in total. The predicted octanol–water partition coefficient (Wildman–Crippen LogP) is 1.25. The number of hydrogen-bond donors (Lipinski definition) is 4. The van der Waals surface area contributed by atoms with E-state index in [0.29, 0.717) is 11.1 Å². The van der Waals surface area contributed by atoms with Gasteiger partial charge in [0.25, 0.3) is 5.56 Å². The number of nitrogen functional groups attached to an aromatic ring is 1. The van der Waals surface area contributed by atoms with Crippen LogP contribution in [0.25, 0.3) is 11.2 Å². The van der Waals surface area contributed by atoms with Crippen LogP contribution >= 0.6 is 7.82 Å². The molecule has 0 saturated carbocycles. The molecule has 0 radical (unpaired) electrons. The molecule has 0 unspecified atom stereocenters. The molecule has 0 spiro atoms. The minimum Gasteiger partial charge on any atom is -0.394 e. The number of nitrogens with two attached hydrogens (primary N) is 1. The summed E-state index contributed by atoms with van der Waals surface area (Å²) in [6.45, 7) is -1.01. The van der Waals surface area contributed by atoms with Crippen LogP contribution in [0.5, 0.6) is 0 Å². The third kappa shape index (κ3) is 6.10. The molecule has 218 valence electrons. The zero-order chi connectivity index (χ0) is 29.1. The Morgan fingerprint density at radius 2 is 1.59 bits per heavy atom. The van der Waals surface area contributed by atoms with E-state index in [-0.39, 0.29) is 30.3 Å². The number of fused-ring (bicyclic) bond motifs is 1. The Hall–Kier alpha value is -3.46. The lowest BCUT2D eigenvalue weighted by molar-refractivity contribution is -0.247. The normalized spacial score (nSPS) is 23.2. The number of benzene rings is 2. The molecule has 15 heteroatoms. The molecule has 2 aromatic heterocycles. The van der Waals surface area contributed by atoms with E-state index in [2.05, 4.69) is 9.97 Å². The zero-order valence-corrected chi connectivity index (χ0v) is 22.9. The van der Waals surface area contributed by atoms with Gasteiger partial charge in [-0.25, -0.2) is 9.55 Å². The fourth-order valence-corrected chi connectivity index (χ4v) is 5.73. The molecule has 3 heterocycles. The highest BCUT2D eigenvalue weighted by Gasteiger charge is 2.50. The first-order valence-electron chi connectivity index (χ1n) is 12.7.